The number of halogens is 4. The van der Waals surface area contributed by atoms with E-state index in [-0.39, 0.29) is 17.5 Å². The maximum atomic E-state index is 13.7. The van der Waals surface area contributed by atoms with Crippen molar-refractivity contribution in [3.05, 3.63) is 68.7 Å². The van der Waals surface area contributed by atoms with E-state index in [1.165, 1.54) is 13.0 Å². The normalized spacial score (nSPS) is 12.5. The van der Waals surface area contributed by atoms with Crippen molar-refractivity contribution in [2.75, 3.05) is 0 Å². The number of aliphatic hydroxyl groups excluding tert-OH is 1. The fraction of sp³-hybridized carbons (Fsp3) is 0.200. The van der Waals surface area contributed by atoms with Crippen LogP contribution in [-0.2, 0) is 6.42 Å². The first-order valence-electron chi connectivity index (χ1n) is 5.96. The zero-order valence-electron chi connectivity index (χ0n) is 10.6. The maximum Gasteiger partial charge on any atom is 0.131 e. The second-order valence-corrected chi connectivity index (χ2v) is 5.42. The monoisotopic (exact) mass is 316 g/mol. The Kier molecular flexibility index (Phi) is 4.63. The summed E-state index contributed by atoms with van der Waals surface area (Å²) in [6.45, 7) is 1.51. The van der Waals surface area contributed by atoms with E-state index in [9.17, 15) is 13.9 Å². The summed E-state index contributed by atoms with van der Waals surface area (Å²) in [4.78, 5) is 0. The maximum absolute atomic E-state index is 13.7. The summed E-state index contributed by atoms with van der Waals surface area (Å²) >= 11 is 11.8. The lowest BCUT2D eigenvalue weighted by molar-refractivity contribution is 0.173. The molecule has 2 aromatic carbocycles. The molecular formula is C15H12Cl2F2O. The van der Waals surface area contributed by atoms with E-state index in [4.69, 9.17) is 23.2 Å². The van der Waals surface area contributed by atoms with Gasteiger partial charge in [0, 0.05) is 28.1 Å². The van der Waals surface area contributed by atoms with Gasteiger partial charge < -0.3 is 5.11 Å². The first kappa shape index (κ1) is 15.2. The molecule has 0 heterocycles. The standard InChI is InChI=1S/C15H12Cl2F2O/c1-8-4-11(14(19)7-13(8)18)15(20)5-9-2-3-10(16)6-12(9)17/h2-4,6-7,15,20H,5H2,1H3. The fourth-order valence-electron chi connectivity index (χ4n) is 1.94. The van der Waals surface area contributed by atoms with Crippen LogP contribution in [0, 0.1) is 18.6 Å². The number of hydrogen-bond donors (Lipinski definition) is 1. The molecule has 1 N–H and O–H groups in total. The lowest BCUT2D eigenvalue weighted by Crippen LogP contribution is -2.06. The van der Waals surface area contributed by atoms with E-state index in [0.29, 0.717) is 15.6 Å². The van der Waals surface area contributed by atoms with Crippen LogP contribution in [0.1, 0.15) is 22.8 Å². The minimum absolute atomic E-state index is 0.0508. The van der Waals surface area contributed by atoms with Crippen molar-refractivity contribution >= 4 is 23.2 Å². The molecule has 0 bridgehead atoms. The molecule has 0 aliphatic rings. The zero-order chi connectivity index (χ0) is 14.9. The molecule has 0 aromatic heterocycles. The average molecular weight is 317 g/mol. The molecule has 0 radical (unpaired) electrons. The van der Waals surface area contributed by atoms with Gasteiger partial charge in [0.25, 0.3) is 0 Å². The van der Waals surface area contributed by atoms with Crippen molar-refractivity contribution in [1.29, 1.82) is 0 Å². The molecule has 0 aliphatic heterocycles. The third-order valence-corrected chi connectivity index (χ3v) is 3.65. The summed E-state index contributed by atoms with van der Waals surface area (Å²) in [5.74, 6) is -1.41. The van der Waals surface area contributed by atoms with Gasteiger partial charge >= 0.3 is 0 Å². The van der Waals surface area contributed by atoms with Gasteiger partial charge in [-0.1, -0.05) is 29.3 Å². The van der Waals surface area contributed by atoms with Crippen molar-refractivity contribution in [1.82, 2.24) is 0 Å². The van der Waals surface area contributed by atoms with Crippen LogP contribution in [0.3, 0.4) is 0 Å². The second kappa shape index (κ2) is 6.08. The molecule has 2 rings (SSSR count). The summed E-state index contributed by atoms with van der Waals surface area (Å²) in [6.07, 6.45) is -0.981. The number of rotatable bonds is 3. The Morgan fingerprint density at radius 2 is 1.80 bits per heavy atom. The van der Waals surface area contributed by atoms with Gasteiger partial charge in [0.15, 0.2) is 0 Å². The molecule has 20 heavy (non-hydrogen) atoms. The van der Waals surface area contributed by atoms with Crippen molar-refractivity contribution in [3.8, 4) is 0 Å². The highest BCUT2D eigenvalue weighted by atomic mass is 35.5. The molecule has 1 atom stereocenters. The lowest BCUT2D eigenvalue weighted by atomic mass is 9.99. The summed E-state index contributed by atoms with van der Waals surface area (Å²) in [5.41, 5.74) is 0.975. The topological polar surface area (TPSA) is 20.2 Å². The van der Waals surface area contributed by atoms with Crippen LogP contribution in [0.4, 0.5) is 8.78 Å². The molecule has 106 valence electrons. The van der Waals surface area contributed by atoms with E-state index in [2.05, 4.69) is 0 Å². The predicted octanol–water partition coefficient (Wildman–Crippen LogP) is 4.86. The Bertz CT molecular complexity index is 644. The highest BCUT2D eigenvalue weighted by Gasteiger charge is 2.17. The number of aryl methyl sites for hydroxylation is 1. The van der Waals surface area contributed by atoms with E-state index < -0.39 is 17.7 Å². The molecule has 0 spiro atoms. The van der Waals surface area contributed by atoms with Crippen LogP contribution >= 0.6 is 23.2 Å². The molecule has 5 heteroatoms. The lowest BCUT2D eigenvalue weighted by Gasteiger charge is -2.14. The number of hydrogen-bond acceptors (Lipinski definition) is 1. The van der Waals surface area contributed by atoms with Crippen molar-refractivity contribution in [2.45, 2.75) is 19.4 Å². The van der Waals surface area contributed by atoms with E-state index in [1.54, 1.807) is 18.2 Å². The number of benzene rings is 2. The highest BCUT2D eigenvalue weighted by Crippen LogP contribution is 2.28. The van der Waals surface area contributed by atoms with Gasteiger partial charge in [-0.25, -0.2) is 8.78 Å². The Balaban J connectivity index is 2.28. The van der Waals surface area contributed by atoms with Crippen LogP contribution in [0.25, 0.3) is 0 Å². The minimum atomic E-state index is -1.10. The first-order chi connectivity index (χ1) is 9.38. The summed E-state index contributed by atoms with van der Waals surface area (Å²) in [7, 11) is 0. The van der Waals surface area contributed by atoms with Gasteiger partial charge in [-0.15, -0.1) is 0 Å². The van der Waals surface area contributed by atoms with Crippen molar-refractivity contribution in [2.24, 2.45) is 0 Å². The second-order valence-electron chi connectivity index (χ2n) is 4.58. The van der Waals surface area contributed by atoms with Crippen molar-refractivity contribution < 1.29 is 13.9 Å². The first-order valence-corrected chi connectivity index (χ1v) is 6.71. The summed E-state index contributed by atoms with van der Waals surface area (Å²) in [6, 6.07) is 6.94. The van der Waals surface area contributed by atoms with Crippen LogP contribution in [0.15, 0.2) is 30.3 Å². The quantitative estimate of drug-likeness (QED) is 0.857. The van der Waals surface area contributed by atoms with Crippen LogP contribution in [-0.4, -0.2) is 5.11 Å². The molecule has 2 aromatic rings. The molecule has 0 aliphatic carbocycles. The molecule has 0 fully saturated rings. The molecule has 1 nitrogen and oxygen atoms in total. The predicted molar refractivity (Wildman–Crippen MR) is 76.2 cm³/mol. The smallest absolute Gasteiger partial charge is 0.131 e. The van der Waals surface area contributed by atoms with Crippen LogP contribution < -0.4 is 0 Å². The van der Waals surface area contributed by atoms with Gasteiger partial charge in [-0.2, -0.15) is 0 Å². The zero-order valence-corrected chi connectivity index (χ0v) is 12.1. The van der Waals surface area contributed by atoms with Crippen LogP contribution in [0.2, 0.25) is 10.0 Å². The Labute approximate surface area is 125 Å². The Morgan fingerprint density at radius 3 is 2.45 bits per heavy atom. The molecule has 0 saturated heterocycles. The van der Waals surface area contributed by atoms with Gasteiger partial charge in [-0.3, -0.25) is 0 Å². The van der Waals surface area contributed by atoms with E-state index in [1.807, 2.05) is 0 Å². The van der Waals surface area contributed by atoms with Gasteiger partial charge in [0.05, 0.1) is 6.10 Å². The van der Waals surface area contributed by atoms with E-state index in [0.717, 1.165) is 6.07 Å². The average Bonchev–Trinajstić information content (AvgIpc) is 2.37. The third-order valence-electron chi connectivity index (χ3n) is 3.07. The third kappa shape index (κ3) is 3.29. The SMILES string of the molecule is Cc1cc(C(O)Cc2ccc(Cl)cc2Cl)c(F)cc1F. The molecular weight excluding hydrogens is 305 g/mol. The van der Waals surface area contributed by atoms with Gasteiger partial charge in [0.2, 0.25) is 0 Å². The Morgan fingerprint density at radius 1 is 1.10 bits per heavy atom. The molecule has 0 saturated carbocycles. The van der Waals surface area contributed by atoms with E-state index >= 15 is 0 Å². The van der Waals surface area contributed by atoms with Crippen LogP contribution in [0.5, 0.6) is 0 Å². The van der Waals surface area contributed by atoms with Crippen molar-refractivity contribution in [3.63, 3.8) is 0 Å². The largest absolute Gasteiger partial charge is 0.388 e. The minimum Gasteiger partial charge on any atom is -0.388 e. The Hall–Kier alpha value is -1.16. The number of aliphatic hydroxyl groups is 1. The molecule has 0 amide bonds. The summed E-state index contributed by atoms with van der Waals surface area (Å²) < 4.78 is 26.9. The highest BCUT2D eigenvalue weighted by molar-refractivity contribution is 6.35. The van der Waals surface area contributed by atoms with Gasteiger partial charge in [-0.05, 0) is 36.2 Å². The van der Waals surface area contributed by atoms with Gasteiger partial charge in [0.1, 0.15) is 11.6 Å². The molecule has 1 unspecified atom stereocenters. The summed E-state index contributed by atoms with van der Waals surface area (Å²) in [5, 5.41) is 11.0. The fourth-order valence-corrected chi connectivity index (χ4v) is 2.43.